The summed E-state index contributed by atoms with van der Waals surface area (Å²) in [6.45, 7) is 6.08. The van der Waals surface area contributed by atoms with E-state index in [1.54, 1.807) is 25.7 Å². The van der Waals surface area contributed by atoms with Gasteiger partial charge in [0.05, 0.1) is 0 Å². The Hall–Kier alpha value is -0.630. The van der Waals surface area contributed by atoms with E-state index in [0.29, 0.717) is 0 Å². The number of hydrogen-bond donors (Lipinski definition) is 1. The molecule has 0 aromatic heterocycles. The van der Waals surface area contributed by atoms with Crippen molar-refractivity contribution in [2.75, 3.05) is 7.05 Å². The Morgan fingerprint density at radius 3 is 1.88 bits per heavy atom. The first kappa shape index (κ1) is 22.4. The molecule has 2 fully saturated rings. The highest BCUT2D eigenvalue weighted by Crippen LogP contribution is 2.41. The van der Waals surface area contributed by atoms with Crippen molar-refractivity contribution in [1.82, 2.24) is 5.32 Å². The topological polar surface area (TPSA) is 29.1 Å². The Kier molecular flexibility index (Phi) is 12.2. The minimum atomic E-state index is 0.787. The molecule has 0 radical (unpaired) electrons. The van der Waals surface area contributed by atoms with Crippen molar-refractivity contribution in [2.24, 2.45) is 17.8 Å². The van der Waals surface area contributed by atoms with Gasteiger partial charge in [-0.2, -0.15) is 0 Å². The lowest BCUT2D eigenvalue weighted by molar-refractivity contribution is -0.104. The van der Waals surface area contributed by atoms with Crippen LogP contribution in [0.3, 0.4) is 0 Å². The maximum Gasteiger partial charge on any atom is 0.142 e. The highest BCUT2D eigenvalue weighted by Gasteiger charge is 2.30. The second-order valence-electron chi connectivity index (χ2n) is 8.56. The van der Waals surface area contributed by atoms with Crippen molar-refractivity contribution >= 4 is 6.29 Å². The molecule has 2 rings (SSSR count). The largest absolute Gasteiger partial charge is 0.317 e. The molecule has 0 aliphatic heterocycles. The number of aldehydes is 1. The first-order chi connectivity index (χ1) is 12.1. The van der Waals surface area contributed by atoms with Crippen molar-refractivity contribution < 1.29 is 4.79 Å². The molecule has 2 heteroatoms. The number of carbonyl (C=O) groups excluding carboxylic acids is 1. The summed E-state index contributed by atoms with van der Waals surface area (Å²) in [5.41, 5.74) is 1.05. The molecule has 0 aromatic carbocycles. The highest BCUT2D eigenvalue weighted by molar-refractivity contribution is 5.65. The van der Waals surface area contributed by atoms with Crippen molar-refractivity contribution in [3.05, 3.63) is 11.6 Å². The van der Waals surface area contributed by atoms with Crippen molar-refractivity contribution in [2.45, 2.75) is 104 Å². The first-order valence-corrected chi connectivity index (χ1v) is 10.9. The fraction of sp³-hybridized carbons (Fsp3) is 0.870. The SMILES string of the molecule is CC(C)=CC=O.CCCCCC1CCC(C2CCC(NC)CC2)CC1. The molecule has 146 valence electrons. The van der Waals surface area contributed by atoms with E-state index < -0.39 is 0 Å². The molecule has 0 atom stereocenters. The van der Waals surface area contributed by atoms with Crippen LogP contribution in [0.15, 0.2) is 11.6 Å². The summed E-state index contributed by atoms with van der Waals surface area (Å²) >= 11 is 0. The standard InChI is InChI=1S/C18H35N.C5H8O/c1-3-4-5-6-15-7-9-16(10-8-15)17-11-13-18(19-2)14-12-17;1-5(2)3-4-6/h15-19H,3-14H2,1-2H3;3-4H,1-2H3. The van der Waals surface area contributed by atoms with E-state index in [0.717, 1.165) is 35.7 Å². The van der Waals surface area contributed by atoms with Crippen LogP contribution in [-0.2, 0) is 4.79 Å². The average molecular weight is 350 g/mol. The van der Waals surface area contributed by atoms with Crippen molar-refractivity contribution in [3.63, 3.8) is 0 Å². The molecule has 2 saturated carbocycles. The fourth-order valence-electron chi connectivity index (χ4n) is 4.65. The van der Waals surface area contributed by atoms with Crippen LogP contribution in [-0.4, -0.2) is 19.4 Å². The molecule has 2 aliphatic carbocycles. The summed E-state index contributed by atoms with van der Waals surface area (Å²) < 4.78 is 0. The highest BCUT2D eigenvalue weighted by atomic mass is 16.1. The van der Waals surface area contributed by atoms with Gasteiger partial charge in [-0.05, 0) is 83.2 Å². The minimum Gasteiger partial charge on any atom is -0.317 e. The lowest BCUT2D eigenvalue weighted by Crippen LogP contribution is -2.33. The van der Waals surface area contributed by atoms with E-state index in [4.69, 9.17) is 0 Å². The van der Waals surface area contributed by atoms with Gasteiger partial charge in [0.25, 0.3) is 0 Å². The molecule has 0 unspecified atom stereocenters. The second-order valence-corrected chi connectivity index (χ2v) is 8.56. The average Bonchev–Trinajstić information content (AvgIpc) is 2.63. The second kappa shape index (κ2) is 13.6. The lowest BCUT2D eigenvalue weighted by atomic mass is 9.69. The van der Waals surface area contributed by atoms with Crippen molar-refractivity contribution in [1.29, 1.82) is 0 Å². The van der Waals surface area contributed by atoms with Gasteiger partial charge in [-0.3, -0.25) is 4.79 Å². The number of carbonyl (C=O) groups is 1. The van der Waals surface area contributed by atoms with Gasteiger partial charge >= 0.3 is 0 Å². The Labute approximate surface area is 157 Å². The molecule has 2 aliphatic rings. The van der Waals surface area contributed by atoms with E-state index in [9.17, 15) is 4.79 Å². The Morgan fingerprint density at radius 2 is 1.48 bits per heavy atom. The number of hydrogen-bond acceptors (Lipinski definition) is 2. The smallest absolute Gasteiger partial charge is 0.142 e. The van der Waals surface area contributed by atoms with Crippen LogP contribution in [0, 0.1) is 17.8 Å². The van der Waals surface area contributed by atoms with Gasteiger partial charge in [0.2, 0.25) is 0 Å². The van der Waals surface area contributed by atoms with Gasteiger partial charge in [-0.1, -0.05) is 51.0 Å². The molecule has 0 heterocycles. The molecule has 25 heavy (non-hydrogen) atoms. The quantitative estimate of drug-likeness (QED) is 0.332. The predicted octanol–water partition coefficient (Wildman–Crippen LogP) is 6.30. The Balaban J connectivity index is 0.000000450. The van der Waals surface area contributed by atoms with E-state index in [2.05, 4.69) is 19.3 Å². The van der Waals surface area contributed by atoms with Gasteiger partial charge in [0, 0.05) is 6.04 Å². The normalized spacial score (nSPS) is 29.3. The minimum absolute atomic E-state index is 0.787. The predicted molar refractivity (Wildman–Crippen MR) is 110 cm³/mol. The maximum atomic E-state index is 9.54. The van der Waals surface area contributed by atoms with Gasteiger partial charge in [-0.25, -0.2) is 0 Å². The molecular weight excluding hydrogens is 306 g/mol. The summed E-state index contributed by atoms with van der Waals surface area (Å²) in [6, 6.07) is 0.821. The molecule has 0 saturated heterocycles. The Bertz CT molecular complexity index is 356. The molecule has 1 N–H and O–H groups in total. The molecule has 0 amide bonds. The third-order valence-electron chi connectivity index (χ3n) is 6.36. The first-order valence-electron chi connectivity index (χ1n) is 10.9. The van der Waals surface area contributed by atoms with E-state index in [1.807, 2.05) is 13.8 Å². The summed E-state index contributed by atoms with van der Waals surface area (Å²) in [6.07, 6.45) is 20.2. The Morgan fingerprint density at radius 1 is 0.920 bits per heavy atom. The van der Waals surface area contributed by atoms with E-state index >= 15 is 0 Å². The zero-order valence-electron chi connectivity index (χ0n) is 17.4. The number of unbranched alkanes of at least 4 members (excludes halogenated alkanes) is 2. The van der Waals surface area contributed by atoms with E-state index in [1.165, 1.54) is 57.4 Å². The number of allylic oxidation sites excluding steroid dienone is 2. The third-order valence-corrected chi connectivity index (χ3v) is 6.36. The van der Waals surface area contributed by atoms with Crippen LogP contribution >= 0.6 is 0 Å². The zero-order valence-corrected chi connectivity index (χ0v) is 17.4. The van der Waals surface area contributed by atoms with Gasteiger partial charge in [0.15, 0.2) is 0 Å². The molecule has 0 bridgehead atoms. The summed E-state index contributed by atoms with van der Waals surface area (Å²) in [7, 11) is 2.13. The van der Waals surface area contributed by atoms with Crippen LogP contribution in [0.4, 0.5) is 0 Å². The molecular formula is C23H43NO. The molecule has 0 aromatic rings. The number of nitrogens with one attached hydrogen (secondary N) is 1. The summed E-state index contributed by atoms with van der Waals surface area (Å²) in [4.78, 5) is 9.54. The van der Waals surface area contributed by atoms with Crippen LogP contribution in [0.2, 0.25) is 0 Å². The van der Waals surface area contributed by atoms with Gasteiger partial charge < -0.3 is 5.32 Å². The summed E-state index contributed by atoms with van der Waals surface area (Å²) in [5.74, 6) is 3.23. The van der Waals surface area contributed by atoms with Gasteiger partial charge in [0.1, 0.15) is 6.29 Å². The third kappa shape index (κ3) is 9.58. The molecule has 0 spiro atoms. The fourth-order valence-corrected chi connectivity index (χ4v) is 4.65. The zero-order chi connectivity index (χ0) is 18.5. The van der Waals surface area contributed by atoms with Crippen LogP contribution in [0.5, 0.6) is 0 Å². The summed E-state index contributed by atoms with van der Waals surface area (Å²) in [5, 5.41) is 3.46. The van der Waals surface area contributed by atoms with Crippen molar-refractivity contribution in [3.8, 4) is 0 Å². The maximum absolute atomic E-state index is 9.54. The van der Waals surface area contributed by atoms with Gasteiger partial charge in [-0.15, -0.1) is 0 Å². The van der Waals surface area contributed by atoms with Crippen LogP contribution in [0.1, 0.15) is 97.8 Å². The van der Waals surface area contributed by atoms with Crippen LogP contribution < -0.4 is 5.32 Å². The number of rotatable bonds is 7. The van der Waals surface area contributed by atoms with E-state index in [-0.39, 0.29) is 0 Å². The monoisotopic (exact) mass is 349 g/mol. The lowest BCUT2D eigenvalue weighted by Gasteiger charge is -2.38. The molecule has 2 nitrogen and oxygen atoms in total. The van der Waals surface area contributed by atoms with Crippen LogP contribution in [0.25, 0.3) is 0 Å².